The first kappa shape index (κ1) is 17.2. The summed E-state index contributed by atoms with van der Waals surface area (Å²) in [6.07, 6.45) is 1.31. The minimum absolute atomic E-state index is 0.104. The van der Waals surface area contributed by atoms with Crippen LogP contribution >= 0.6 is 23.2 Å². The molecule has 0 amide bonds. The van der Waals surface area contributed by atoms with Gasteiger partial charge in [-0.15, -0.1) is 0 Å². The average Bonchev–Trinajstić information content (AvgIpc) is 2.57. The van der Waals surface area contributed by atoms with Crippen LogP contribution in [0.1, 0.15) is 11.6 Å². The standard InChI is InChI=1S/C16H11Cl2N3O4/c17-10-4-3-8(6-11(10)18)7-12(15(23)24)21-14(22)9-2-1-5-19-13(9)20-16(21)25/h1-6,12H,7H2,(H,23,24)(H,19,20,25). The van der Waals surface area contributed by atoms with E-state index in [2.05, 4.69) is 9.97 Å². The monoisotopic (exact) mass is 379 g/mol. The first-order valence-corrected chi connectivity index (χ1v) is 7.90. The molecule has 0 aliphatic heterocycles. The first-order chi connectivity index (χ1) is 11.9. The van der Waals surface area contributed by atoms with Crippen LogP contribution in [0.2, 0.25) is 10.0 Å². The summed E-state index contributed by atoms with van der Waals surface area (Å²) < 4.78 is 0.675. The Hall–Kier alpha value is -2.64. The van der Waals surface area contributed by atoms with Crippen LogP contribution in [-0.4, -0.2) is 25.6 Å². The molecule has 2 heterocycles. The lowest BCUT2D eigenvalue weighted by atomic mass is 10.1. The number of hydrogen-bond acceptors (Lipinski definition) is 4. The van der Waals surface area contributed by atoms with Gasteiger partial charge in [-0.2, -0.15) is 0 Å². The molecule has 2 N–H and O–H groups in total. The Morgan fingerprint density at radius 1 is 1.24 bits per heavy atom. The number of nitrogens with zero attached hydrogens (tertiary/aromatic N) is 2. The summed E-state index contributed by atoms with van der Waals surface area (Å²) in [6, 6.07) is 6.21. The highest BCUT2D eigenvalue weighted by Crippen LogP contribution is 2.24. The van der Waals surface area contributed by atoms with Gasteiger partial charge in [0.15, 0.2) is 0 Å². The molecule has 0 saturated heterocycles. The summed E-state index contributed by atoms with van der Waals surface area (Å²) in [6.45, 7) is 0. The van der Waals surface area contributed by atoms with E-state index in [1.54, 1.807) is 6.07 Å². The molecular weight excluding hydrogens is 369 g/mol. The highest BCUT2D eigenvalue weighted by Gasteiger charge is 2.25. The molecule has 1 aromatic carbocycles. The summed E-state index contributed by atoms with van der Waals surface area (Å²) in [5, 5.41) is 10.3. The van der Waals surface area contributed by atoms with Crippen LogP contribution in [0.25, 0.3) is 11.0 Å². The van der Waals surface area contributed by atoms with E-state index >= 15 is 0 Å². The topological polar surface area (TPSA) is 105 Å². The van der Waals surface area contributed by atoms with Crippen LogP contribution in [-0.2, 0) is 11.2 Å². The quantitative estimate of drug-likeness (QED) is 0.723. The van der Waals surface area contributed by atoms with Crippen molar-refractivity contribution in [1.82, 2.24) is 14.5 Å². The zero-order valence-electron chi connectivity index (χ0n) is 12.6. The van der Waals surface area contributed by atoms with Gasteiger partial charge in [0, 0.05) is 12.6 Å². The van der Waals surface area contributed by atoms with E-state index in [-0.39, 0.29) is 22.5 Å². The molecule has 0 spiro atoms. The van der Waals surface area contributed by atoms with Crippen molar-refractivity contribution in [3.05, 3.63) is 73.0 Å². The Balaban J connectivity index is 2.14. The molecular formula is C16H11Cl2N3O4. The van der Waals surface area contributed by atoms with Crippen LogP contribution in [0, 0.1) is 0 Å². The van der Waals surface area contributed by atoms with Gasteiger partial charge in [-0.25, -0.2) is 19.1 Å². The van der Waals surface area contributed by atoms with Crippen LogP contribution in [0.15, 0.2) is 46.1 Å². The smallest absolute Gasteiger partial charge is 0.330 e. The van der Waals surface area contributed by atoms with E-state index in [0.29, 0.717) is 15.2 Å². The molecule has 1 atom stereocenters. The maximum absolute atomic E-state index is 12.6. The molecule has 2 aromatic heterocycles. The number of aromatic nitrogens is 3. The number of nitrogens with one attached hydrogen (secondary N) is 1. The average molecular weight is 380 g/mol. The van der Waals surface area contributed by atoms with Crippen molar-refractivity contribution < 1.29 is 9.90 Å². The summed E-state index contributed by atoms with van der Waals surface area (Å²) in [5.74, 6) is -1.32. The molecule has 0 saturated carbocycles. The third kappa shape index (κ3) is 3.29. The fourth-order valence-electron chi connectivity index (χ4n) is 2.52. The van der Waals surface area contributed by atoms with Crippen molar-refractivity contribution in [3.63, 3.8) is 0 Å². The zero-order chi connectivity index (χ0) is 18.1. The van der Waals surface area contributed by atoms with Crippen molar-refractivity contribution >= 4 is 40.2 Å². The van der Waals surface area contributed by atoms with Crippen LogP contribution in [0.4, 0.5) is 0 Å². The normalized spacial score (nSPS) is 12.2. The van der Waals surface area contributed by atoms with E-state index in [9.17, 15) is 19.5 Å². The van der Waals surface area contributed by atoms with Gasteiger partial charge in [-0.1, -0.05) is 29.3 Å². The van der Waals surface area contributed by atoms with Crippen LogP contribution in [0.5, 0.6) is 0 Å². The van der Waals surface area contributed by atoms with Crippen molar-refractivity contribution in [1.29, 1.82) is 0 Å². The molecule has 1 unspecified atom stereocenters. The number of pyridine rings is 1. The number of benzene rings is 1. The predicted octanol–water partition coefficient (Wildman–Crippen LogP) is 2.26. The van der Waals surface area contributed by atoms with E-state index < -0.39 is 23.3 Å². The molecule has 0 aliphatic carbocycles. The van der Waals surface area contributed by atoms with E-state index in [0.717, 1.165) is 0 Å². The van der Waals surface area contributed by atoms with Gasteiger partial charge in [0.05, 0.1) is 15.4 Å². The minimum atomic E-state index is -1.40. The number of hydrogen-bond donors (Lipinski definition) is 2. The molecule has 0 aliphatic rings. The second-order valence-electron chi connectivity index (χ2n) is 5.31. The van der Waals surface area contributed by atoms with Gasteiger partial charge in [0.25, 0.3) is 5.56 Å². The number of aromatic amines is 1. The van der Waals surface area contributed by atoms with E-state index in [4.69, 9.17) is 23.2 Å². The molecule has 0 radical (unpaired) electrons. The predicted molar refractivity (Wildman–Crippen MR) is 93.5 cm³/mol. The molecule has 0 bridgehead atoms. The highest BCUT2D eigenvalue weighted by atomic mass is 35.5. The fraction of sp³-hybridized carbons (Fsp3) is 0.125. The number of aliphatic carboxylic acids is 1. The van der Waals surface area contributed by atoms with Crippen molar-refractivity contribution in [2.24, 2.45) is 0 Å². The van der Waals surface area contributed by atoms with E-state index in [1.165, 1.54) is 30.5 Å². The summed E-state index contributed by atoms with van der Waals surface area (Å²) in [7, 11) is 0. The van der Waals surface area contributed by atoms with Gasteiger partial charge in [-0.3, -0.25) is 9.78 Å². The molecule has 3 rings (SSSR count). The Bertz CT molecular complexity index is 1090. The lowest BCUT2D eigenvalue weighted by Crippen LogP contribution is -2.42. The molecule has 7 nitrogen and oxygen atoms in total. The lowest BCUT2D eigenvalue weighted by Gasteiger charge is -2.15. The molecule has 9 heteroatoms. The van der Waals surface area contributed by atoms with Gasteiger partial charge in [0.2, 0.25) is 0 Å². The SMILES string of the molecule is O=C(O)C(Cc1ccc(Cl)c(Cl)c1)n1c(=O)[nH]c2ncccc2c1=O. The molecule has 25 heavy (non-hydrogen) atoms. The van der Waals surface area contributed by atoms with Gasteiger partial charge in [-0.05, 0) is 29.8 Å². The Labute approximate surface area is 150 Å². The Morgan fingerprint density at radius 3 is 2.68 bits per heavy atom. The number of fused-ring (bicyclic) bond motifs is 1. The molecule has 0 fully saturated rings. The maximum atomic E-state index is 12.6. The van der Waals surface area contributed by atoms with Crippen LogP contribution < -0.4 is 11.2 Å². The fourth-order valence-corrected chi connectivity index (χ4v) is 2.84. The number of carboxylic acids is 1. The number of carboxylic acid groups (broad SMARTS) is 1. The summed E-state index contributed by atoms with van der Waals surface area (Å²) >= 11 is 11.8. The largest absolute Gasteiger partial charge is 0.480 e. The zero-order valence-corrected chi connectivity index (χ0v) is 14.1. The number of carbonyl (C=O) groups is 1. The third-order valence-corrected chi connectivity index (χ3v) is 4.45. The second-order valence-corrected chi connectivity index (χ2v) is 6.13. The van der Waals surface area contributed by atoms with Crippen molar-refractivity contribution in [3.8, 4) is 0 Å². The van der Waals surface area contributed by atoms with E-state index in [1.807, 2.05) is 0 Å². The number of H-pyrrole nitrogens is 1. The highest BCUT2D eigenvalue weighted by molar-refractivity contribution is 6.42. The molecule has 128 valence electrons. The van der Waals surface area contributed by atoms with Crippen LogP contribution in [0.3, 0.4) is 0 Å². The number of rotatable bonds is 4. The summed E-state index contributed by atoms with van der Waals surface area (Å²) in [5.41, 5.74) is -0.935. The second kappa shape index (κ2) is 6.70. The first-order valence-electron chi connectivity index (χ1n) is 7.15. The Morgan fingerprint density at radius 2 is 2.00 bits per heavy atom. The van der Waals surface area contributed by atoms with Gasteiger partial charge >= 0.3 is 11.7 Å². The molecule has 3 aromatic rings. The number of halogens is 2. The minimum Gasteiger partial charge on any atom is -0.480 e. The van der Waals surface area contributed by atoms with Gasteiger partial charge in [0.1, 0.15) is 11.7 Å². The maximum Gasteiger partial charge on any atom is 0.330 e. The van der Waals surface area contributed by atoms with Gasteiger partial charge < -0.3 is 5.11 Å². The van der Waals surface area contributed by atoms with Crippen molar-refractivity contribution in [2.75, 3.05) is 0 Å². The Kier molecular flexibility index (Phi) is 4.61. The third-order valence-electron chi connectivity index (χ3n) is 3.71. The van der Waals surface area contributed by atoms with Crippen molar-refractivity contribution in [2.45, 2.75) is 12.5 Å². The lowest BCUT2D eigenvalue weighted by molar-refractivity contribution is -0.141. The summed E-state index contributed by atoms with van der Waals surface area (Å²) in [4.78, 5) is 42.9.